The highest BCUT2D eigenvalue weighted by Crippen LogP contribution is 2.36. The first-order chi connectivity index (χ1) is 16.4. The van der Waals surface area contributed by atoms with Gasteiger partial charge in [0.15, 0.2) is 5.72 Å². The van der Waals surface area contributed by atoms with E-state index in [2.05, 4.69) is 10.1 Å². The number of nitrogens with zero attached hydrogens (tertiary/aromatic N) is 1. The van der Waals surface area contributed by atoms with Gasteiger partial charge in [-0.3, -0.25) is 10.1 Å². The van der Waals surface area contributed by atoms with Crippen molar-refractivity contribution >= 4 is 29.3 Å². The van der Waals surface area contributed by atoms with Gasteiger partial charge >= 0.3 is 6.09 Å². The smallest absolute Gasteiger partial charge is 0.409 e. The molecular formula is C25H37ClN2O7. The van der Waals surface area contributed by atoms with Crippen LogP contribution in [0.25, 0.3) is 0 Å². The fourth-order valence-electron chi connectivity index (χ4n) is 3.29. The van der Waals surface area contributed by atoms with Crippen LogP contribution in [0.2, 0.25) is 5.02 Å². The van der Waals surface area contributed by atoms with Crippen LogP contribution in [0.3, 0.4) is 0 Å². The number of aliphatic hydroxyl groups is 2. The average Bonchev–Trinajstić information content (AvgIpc) is 2.80. The Morgan fingerprint density at radius 2 is 1.94 bits per heavy atom. The van der Waals surface area contributed by atoms with Gasteiger partial charge in [0.2, 0.25) is 5.91 Å². The number of ether oxygens (including phenoxy) is 3. The molecule has 196 valence electrons. The number of hydrogen-bond acceptors (Lipinski definition) is 7. The summed E-state index contributed by atoms with van der Waals surface area (Å²) in [6.07, 6.45) is 4.09. The summed E-state index contributed by atoms with van der Waals surface area (Å²) < 4.78 is 15.2. The van der Waals surface area contributed by atoms with E-state index in [1.807, 2.05) is 25.1 Å². The quantitative estimate of drug-likeness (QED) is 0.289. The number of nitrogens with one attached hydrogen (secondary N) is 1. The van der Waals surface area contributed by atoms with E-state index < -0.39 is 24.0 Å². The second-order valence-corrected chi connectivity index (χ2v) is 8.84. The van der Waals surface area contributed by atoms with Crippen molar-refractivity contribution in [3.63, 3.8) is 0 Å². The number of allylic oxidation sites excluding steroid dienone is 3. The van der Waals surface area contributed by atoms with E-state index in [0.29, 0.717) is 29.3 Å². The van der Waals surface area contributed by atoms with Crippen LogP contribution >= 0.6 is 11.6 Å². The Morgan fingerprint density at radius 3 is 2.49 bits per heavy atom. The lowest BCUT2D eigenvalue weighted by atomic mass is 10.0. The number of hydrogen-bond donors (Lipinski definition) is 3. The molecule has 0 aliphatic carbocycles. The standard InChI is InChI=1S/C25H37ClN2O7/c1-16(9-8-10-21(34-6)25(3,32)27-24(31)35-7)13-18-14-19(23(26)20(15-18)33-5)28(4)22(30)12-11-17(2)29/h8-10,14-15,17,21,29,32H,11-13H2,1-7H3,(H,27,31)/b10-8+,16-9+/t17-,21+,25?/m0/s1. The Balaban J connectivity index is 3.07. The third kappa shape index (κ3) is 9.52. The molecule has 3 atom stereocenters. The van der Waals surface area contributed by atoms with Crippen LogP contribution < -0.4 is 15.0 Å². The molecule has 0 aliphatic heterocycles. The predicted octanol–water partition coefficient (Wildman–Crippen LogP) is 3.60. The van der Waals surface area contributed by atoms with E-state index >= 15 is 0 Å². The zero-order valence-corrected chi connectivity index (χ0v) is 22.2. The van der Waals surface area contributed by atoms with Gasteiger partial charge in [-0.25, -0.2) is 4.79 Å². The molecule has 0 fully saturated rings. The van der Waals surface area contributed by atoms with Gasteiger partial charge in [0, 0.05) is 20.6 Å². The number of anilines is 1. The van der Waals surface area contributed by atoms with Gasteiger partial charge in [0.05, 0.1) is 26.0 Å². The lowest BCUT2D eigenvalue weighted by Crippen LogP contribution is -2.54. The minimum absolute atomic E-state index is 0.166. The Labute approximate surface area is 212 Å². The number of carbonyl (C=O) groups excluding carboxylic acids is 2. The highest BCUT2D eigenvalue weighted by molar-refractivity contribution is 6.35. The summed E-state index contributed by atoms with van der Waals surface area (Å²) in [6.45, 7) is 4.97. The lowest BCUT2D eigenvalue weighted by molar-refractivity contribution is -0.118. The van der Waals surface area contributed by atoms with Crippen LogP contribution in [0.15, 0.2) is 35.9 Å². The molecule has 0 radical (unpaired) electrons. The van der Waals surface area contributed by atoms with Crippen LogP contribution in [0, 0.1) is 0 Å². The first kappa shape index (κ1) is 30.4. The predicted molar refractivity (Wildman–Crippen MR) is 136 cm³/mol. The zero-order chi connectivity index (χ0) is 26.8. The van der Waals surface area contributed by atoms with Gasteiger partial charge < -0.3 is 29.3 Å². The van der Waals surface area contributed by atoms with Gasteiger partial charge in [-0.15, -0.1) is 0 Å². The number of methoxy groups -OCH3 is 3. The molecule has 35 heavy (non-hydrogen) atoms. The van der Waals surface area contributed by atoms with Crippen LogP contribution in [0.4, 0.5) is 10.5 Å². The van der Waals surface area contributed by atoms with Crippen molar-refractivity contribution in [1.82, 2.24) is 5.32 Å². The number of benzene rings is 1. The Morgan fingerprint density at radius 1 is 1.29 bits per heavy atom. The highest BCUT2D eigenvalue weighted by Gasteiger charge is 2.32. The summed E-state index contributed by atoms with van der Waals surface area (Å²) in [5.41, 5.74) is 0.685. The number of carbonyl (C=O) groups is 2. The zero-order valence-electron chi connectivity index (χ0n) is 21.4. The van der Waals surface area contributed by atoms with Crippen molar-refractivity contribution < 1.29 is 34.0 Å². The minimum Gasteiger partial charge on any atom is -0.495 e. The molecule has 0 aromatic heterocycles. The Bertz CT molecular complexity index is 929. The van der Waals surface area contributed by atoms with E-state index in [-0.39, 0.29) is 12.3 Å². The average molecular weight is 513 g/mol. The summed E-state index contributed by atoms with van der Waals surface area (Å²) in [5, 5.41) is 22.6. The molecule has 0 saturated carbocycles. The molecule has 1 rings (SSSR count). The van der Waals surface area contributed by atoms with Crippen LogP contribution in [0.1, 0.15) is 39.2 Å². The summed E-state index contributed by atoms with van der Waals surface area (Å²) in [7, 11) is 5.77. The summed E-state index contributed by atoms with van der Waals surface area (Å²) in [5.74, 6) is 0.280. The second-order valence-electron chi connectivity index (χ2n) is 8.47. The molecule has 1 unspecified atom stereocenters. The first-order valence-electron chi connectivity index (χ1n) is 11.1. The SMILES string of the molecule is COC(=O)NC(C)(O)[C@@H](/C=C/C=C(\C)Cc1cc(OC)c(Cl)c(N(C)C(=O)CC[C@H](C)O)c1)OC. The Hall–Kier alpha value is -2.59. The molecule has 10 heteroatoms. The van der Waals surface area contributed by atoms with Gasteiger partial charge in [-0.1, -0.05) is 35.4 Å². The van der Waals surface area contributed by atoms with Crippen LogP contribution in [-0.4, -0.2) is 68.5 Å². The summed E-state index contributed by atoms with van der Waals surface area (Å²) >= 11 is 6.47. The maximum Gasteiger partial charge on any atom is 0.409 e. The van der Waals surface area contributed by atoms with E-state index in [4.69, 9.17) is 21.1 Å². The van der Waals surface area contributed by atoms with Gasteiger partial charge in [-0.2, -0.15) is 0 Å². The van der Waals surface area contributed by atoms with Crippen molar-refractivity contribution in [3.05, 3.63) is 46.5 Å². The molecule has 1 aromatic carbocycles. The van der Waals surface area contributed by atoms with Crippen molar-refractivity contribution in [3.8, 4) is 5.75 Å². The maximum atomic E-state index is 12.6. The van der Waals surface area contributed by atoms with Gasteiger partial charge in [-0.05, 0) is 51.3 Å². The molecule has 9 nitrogen and oxygen atoms in total. The van der Waals surface area contributed by atoms with Crippen molar-refractivity contribution in [2.75, 3.05) is 33.3 Å². The fraction of sp³-hybridized carbons (Fsp3) is 0.520. The molecule has 0 bridgehead atoms. The van der Waals surface area contributed by atoms with E-state index in [0.717, 1.165) is 11.1 Å². The number of amides is 2. The molecule has 3 N–H and O–H groups in total. The third-order valence-corrected chi connectivity index (χ3v) is 5.69. The normalized spacial score (nSPS) is 15.3. The van der Waals surface area contributed by atoms with Crippen LogP contribution in [-0.2, 0) is 20.7 Å². The number of alkyl carbamates (subject to hydrolysis) is 1. The summed E-state index contributed by atoms with van der Waals surface area (Å²) in [4.78, 5) is 25.5. The topological polar surface area (TPSA) is 118 Å². The molecule has 0 heterocycles. The van der Waals surface area contributed by atoms with E-state index in [1.54, 1.807) is 26.1 Å². The first-order valence-corrected chi connectivity index (χ1v) is 11.5. The number of rotatable bonds is 12. The molecule has 2 amide bonds. The minimum atomic E-state index is -1.68. The third-order valence-electron chi connectivity index (χ3n) is 5.31. The monoisotopic (exact) mass is 512 g/mol. The van der Waals surface area contributed by atoms with Gasteiger partial charge in [0.1, 0.15) is 16.9 Å². The molecule has 0 spiro atoms. The highest BCUT2D eigenvalue weighted by atomic mass is 35.5. The van der Waals surface area contributed by atoms with E-state index in [9.17, 15) is 19.8 Å². The maximum absolute atomic E-state index is 12.6. The Kier molecular flexibility index (Phi) is 12.3. The van der Waals surface area contributed by atoms with Crippen LogP contribution in [0.5, 0.6) is 5.75 Å². The van der Waals surface area contributed by atoms with Gasteiger partial charge in [0.25, 0.3) is 0 Å². The molecular weight excluding hydrogens is 476 g/mol. The summed E-state index contributed by atoms with van der Waals surface area (Å²) in [6, 6.07) is 3.64. The fourth-order valence-corrected chi connectivity index (χ4v) is 3.61. The van der Waals surface area contributed by atoms with E-state index in [1.165, 1.54) is 33.2 Å². The number of aliphatic hydroxyl groups excluding tert-OH is 1. The van der Waals surface area contributed by atoms with Crippen molar-refractivity contribution in [2.45, 2.75) is 58.0 Å². The molecule has 1 aromatic rings. The largest absolute Gasteiger partial charge is 0.495 e. The lowest BCUT2D eigenvalue weighted by Gasteiger charge is -2.29. The molecule has 0 saturated heterocycles. The number of halogens is 1. The molecule has 0 aliphatic rings. The second kappa shape index (κ2) is 14.1. The van der Waals surface area contributed by atoms with Crippen molar-refractivity contribution in [2.24, 2.45) is 0 Å². The van der Waals surface area contributed by atoms with Crippen molar-refractivity contribution in [1.29, 1.82) is 0 Å².